The number of aryl methyl sites for hydroxylation is 1. The second kappa shape index (κ2) is 6.54. The van der Waals surface area contributed by atoms with Gasteiger partial charge in [-0.1, -0.05) is 22.0 Å². The van der Waals surface area contributed by atoms with E-state index in [4.69, 9.17) is 20.1 Å². The Bertz CT molecular complexity index is 448. The lowest BCUT2D eigenvalue weighted by Gasteiger charge is -2.31. The van der Waals surface area contributed by atoms with Crippen LogP contribution in [0.2, 0.25) is 0 Å². The molecule has 3 N–H and O–H groups in total. The Kier molecular flexibility index (Phi) is 5.20. The van der Waals surface area contributed by atoms with Crippen molar-refractivity contribution >= 4 is 15.9 Å². The lowest BCUT2D eigenvalue weighted by Crippen LogP contribution is -2.37. The monoisotopic (exact) mass is 344 g/mol. The molecule has 1 fully saturated rings. The van der Waals surface area contributed by atoms with Crippen molar-refractivity contribution in [2.75, 3.05) is 0 Å². The number of hydrogen-bond acceptors (Lipinski definition) is 4. The summed E-state index contributed by atoms with van der Waals surface area (Å²) in [6.07, 6.45) is 1.15. The SMILES string of the molecule is Cc1ccc(Br)cc1CC1CCC(OC(O)(O)O)CC1. The summed E-state index contributed by atoms with van der Waals surface area (Å²) in [5, 5.41) is 26.5. The number of hydrogen-bond donors (Lipinski definition) is 3. The van der Waals surface area contributed by atoms with Crippen molar-refractivity contribution in [3.8, 4) is 0 Å². The number of ether oxygens (including phenoxy) is 1. The first-order chi connectivity index (χ1) is 9.33. The molecule has 0 bridgehead atoms. The highest BCUT2D eigenvalue weighted by atomic mass is 79.9. The number of halogens is 1. The van der Waals surface area contributed by atoms with E-state index in [1.54, 1.807) is 0 Å². The summed E-state index contributed by atoms with van der Waals surface area (Å²) < 4.78 is 5.88. The van der Waals surface area contributed by atoms with Crippen molar-refractivity contribution in [2.45, 2.75) is 51.3 Å². The van der Waals surface area contributed by atoms with Crippen LogP contribution in [0.1, 0.15) is 36.8 Å². The minimum Gasteiger partial charge on any atom is -0.319 e. The molecule has 0 aromatic heterocycles. The third kappa shape index (κ3) is 4.82. The Hall–Kier alpha value is -0.460. The molecular weight excluding hydrogens is 324 g/mol. The largest absolute Gasteiger partial charge is 0.405 e. The first-order valence-electron chi connectivity index (χ1n) is 6.93. The van der Waals surface area contributed by atoms with Crippen LogP contribution in [-0.4, -0.2) is 27.6 Å². The van der Waals surface area contributed by atoms with Gasteiger partial charge in [-0.3, -0.25) is 0 Å². The van der Waals surface area contributed by atoms with Gasteiger partial charge >= 0.3 is 6.16 Å². The van der Waals surface area contributed by atoms with Gasteiger partial charge in [0.15, 0.2) is 0 Å². The normalized spacial score (nSPS) is 23.9. The second-order valence-corrected chi connectivity index (χ2v) is 6.53. The minimum absolute atomic E-state index is 0.283. The zero-order valence-corrected chi connectivity index (χ0v) is 13.1. The zero-order chi connectivity index (χ0) is 14.8. The van der Waals surface area contributed by atoms with E-state index >= 15 is 0 Å². The van der Waals surface area contributed by atoms with Gasteiger partial charge in [0, 0.05) is 4.47 Å². The van der Waals surface area contributed by atoms with Gasteiger partial charge in [-0.25, -0.2) is 0 Å². The molecule has 0 aliphatic heterocycles. The summed E-state index contributed by atoms with van der Waals surface area (Å²) in [6.45, 7) is 2.12. The predicted octanol–water partition coefficient (Wildman–Crippen LogP) is 2.46. The second-order valence-electron chi connectivity index (χ2n) is 5.61. The van der Waals surface area contributed by atoms with Crippen LogP contribution in [0.4, 0.5) is 0 Å². The van der Waals surface area contributed by atoms with Crippen LogP contribution in [0.25, 0.3) is 0 Å². The van der Waals surface area contributed by atoms with Crippen LogP contribution >= 0.6 is 15.9 Å². The molecule has 0 heterocycles. The molecule has 1 aliphatic rings. The molecule has 1 aliphatic carbocycles. The molecule has 1 aromatic rings. The summed E-state index contributed by atoms with van der Waals surface area (Å²) in [5.41, 5.74) is 2.65. The number of rotatable bonds is 4. The maximum absolute atomic E-state index is 8.82. The Morgan fingerprint density at radius 1 is 1.20 bits per heavy atom. The maximum atomic E-state index is 8.82. The van der Waals surface area contributed by atoms with Gasteiger partial charge in [-0.15, -0.1) is 0 Å². The standard InChI is InChI=1S/C15H21BrO4/c1-10-2-5-13(16)9-12(10)8-11-3-6-14(7-4-11)20-15(17,18)19/h2,5,9,11,14,17-19H,3-4,6-8H2,1H3. The van der Waals surface area contributed by atoms with Crippen molar-refractivity contribution in [2.24, 2.45) is 5.92 Å². The van der Waals surface area contributed by atoms with Crippen LogP contribution in [0.5, 0.6) is 0 Å². The lowest BCUT2D eigenvalue weighted by molar-refractivity contribution is -0.467. The number of aliphatic hydroxyl groups is 3. The quantitative estimate of drug-likeness (QED) is 0.734. The fraction of sp³-hybridized carbons (Fsp3) is 0.600. The third-order valence-corrected chi connectivity index (χ3v) is 4.43. The minimum atomic E-state index is -3.00. The topological polar surface area (TPSA) is 69.9 Å². The van der Waals surface area contributed by atoms with Crippen molar-refractivity contribution in [3.05, 3.63) is 33.8 Å². The van der Waals surface area contributed by atoms with Crippen molar-refractivity contribution in [1.29, 1.82) is 0 Å². The molecule has 1 saturated carbocycles. The Balaban J connectivity index is 1.87. The van der Waals surface area contributed by atoms with E-state index in [0.29, 0.717) is 5.92 Å². The van der Waals surface area contributed by atoms with Gasteiger partial charge in [0.05, 0.1) is 6.10 Å². The molecule has 5 heteroatoms. The highest BCUT2D eigenvalue weighted by molar-refractivity contribution is 9.10. The van der Waals surface area contributed by atoms with Crippen LogP contribution in [0.15, 0.2) is 22.7 Å². The van der Waals surface area contributed by atoms with Gasteiger partial charge in [-0.2, -0.15) is 0 Å². The first kappa shape index (κ1) is 15.9. The van der Waals surface area contributed by atoms with Crippen molar-refractivity contribution in [1.82, 2.24) is 0 Å². The van der Waals surface area contributed by atoms with Gasteiger partial charge in [-0.05, 0) is 68.2 Å². The molecule has 0 radical (unpaired) electrons. The summed E-state index contributed by atoms with van der Waals surface area (Å²) in [5.74, 6) is 0.577. The van der Waals surface area contributed by atoms with Crippen molar-refractivity contribution < 1.29 is 20.1 Å². The number of benzene rings is 1. The third-order valence-electron chi connectivity index (χ3n) is 3.94. The summed E-state index contributed by atoms with van der Waals surface area (Å²) >= 11 is 3.50. The average molecular weight is 345 g/mol. The molecule has 0 amide bonds. The Morgan fingerprint density at radius 2 is 1.85 bits per heavy atom. The molecule has 0 spiro atoms. The summed E-state index contributed by atoms with van der Waals surface area (Å²) in [4.78, 5) is 0. The Labute approximate surface area is 127 Å². The summed E-state index contributed by atoms with van der Waals surface area (Å²) in [7, 11) is 0. The fourth-order valence-electron chi connectivity index (χ4n) is 2.85. The van der Waals surface area contributed by atoms with Crippen LogP contribution in [0.3, 0.4) is 0 Å². The molecule has 1 aromatic carbocycles. The molecular formula is C15H21BrO4. The van der Waals surface area contributed by atoms with Crippen LogP contribution < -0.4 is 0 Å². The average Bonchev–Trinajstić information content (AvgIpc) is 2.34. The smallest absolute Gasteiger partial charge is 0.319 e. The van der Waals surface area contributed by atoms with E-state index in [1.807, 2.05) is 6.07 Å². The maximum Gasteiger partial charge on any atom is 0.405 e. The van der Waals surface area contributed by atoms with E-state index in [0.717, 1.165) is 36.6 Å². The predicted molar refractivity (Wildman–Crippen MR) is 78.8 cm³/mol. The molecule has 4 nitrogen and oxygen atoms in total. The van der Waals surface area contributed by atoms with Crippen LogP contribution in [-0.2, 0) is 11.2 Å². The van der Waals surface area contributed by atoms with Gasteiger partial charge < -0.3 is 20.1 Å². The van der Waals surface area contributed by atoms with Gasteiger partial charge in [0.2, 0.25) is 0 Å². The van der Waals surface area contributed by atoms with Crippen molar-refractivity contribution in [3.63, 3.8) is 0 Å². The first-order valence-corrected chi connectivity index (χ1v) is 7.73. The van der Waals surface area contributed by atoms with Gasteiger partial charge in [0.1, 0.15) is 0 Å². The highest BCUT2D eigenvalue weighted by Gasteiger charge is 2.29. The molecule has 20 heavy (non-hydrogen) atoms. The van der Waals surface area contributed by atoms with Crippen LogP contribution in [0, 0.1) is 12.8 Å². The highest BCUT2D eigenvalue weighted by Crippen LogP contribution is 2.31. The fourth-order valence-corrected chi connectivity index (χ4v) is 3.26. The van der Waals surface area contributed by atoms with E-state index < -0.39 is 6.16 Å². The molecule has 0 atom stereocenters. The molecule has 112 valence electrons. The molecule has 2 rings (SSSR count). The molecule has 0 saturated heterocycles. The van der Waals surface area contributed by atoms with E-state index in [-0.39, 0.29) is 6.10 Å². The van der Waals surface area contributed by atoms with E-state index in [2.05, 4.69) is 35.0 Å². The summed E-state index contributed by atoms with van der Waals surface area (Å²) in [6, 6.07) is 6.33. The lowest BCUT2D eigenvalue weighted by atomic mass is 9.82. The Morgan fingerprint density at radius 3 is 2.45 bits per heavy atom. The van der Waals surface area contributed by atoms with E-state index in [1.165, 1.54) is 11.1 Å². The zero-order valence-electron chi connectivity index (χ0n) is 11.6. The van der Waals surface area contributed by atoms with Gasteiger partial charge in [0.25, 0.3) is 0 Å². The van der Waals surface area contributed by atoms with E-state index in [9.17, 15) is 0 Å². The molecule has 0 unspecified atom stereocenters.